The van der Waals surface area contributed by atoms with E-state index in [0.717, 1.165) is 33.8 Å². The normalized spacial score (nSPS) is 15.9. The summed E-state index contributed by atoms with van der Waals surface area (Å²) in [5.41, 5.74) is 4.64. The van der Waals surface area contributed by atoms with Crippen LogP contribution in [0, 0.1) is 0 Å². The van der Waals surface area contributed by atoms with Crippen LogP contribution in [0.5, 0.6) is 5.75 Å². The third-order valence-corrected chi connectivity index (χ3v) is 5.10. The van der Waals surface area contributed by atoms with Crippen molar-refractivity contribution in [1.82, 2.24) is 9.55 Å². The number of phenols is 1. The summed E-state index contributed by atoms with van der Waals surface area (Å²) >= 11 is 6.09. The van der Waals surface area contributed by atoms with Crippen LogP contribution in [-0.4, -0.2) is 14.7 Å². The van der Waals surface area contributed by atoms with Gasteiger partial charge in [-0.1, -0.05) is 48.0 Å². The van der Waals surface area contributed by atoms with E-state index in [1.54, 1.807) is 6.07 Å². The number of rotatable bonds is 2. The molecule has 0 saturated carbocycles. The summed E-state index contributed by atoms with van der Waals surface area (Å²) in [6, 6.07) is 23.1. The summed E-state index contributed by atoms with van der Waals surface area (Å²) in [5, 5.41) is 14.4. The Labute approximate surface area is 161 Å². The van der Waals surface area contributed by atoms with Gasteiger partial charge in [-0.2, -0.15) is 0 Å². The molecule has 1 aromatic heterocycles. The number of nitrogens with one attached hydrogen (secondary N) is 1. The molecule has 4 aromatic rings. The Morgan fingerprint density at radius 3 is 2.48 bits per heavy atom. The van der Waals surface area contributed by atoms with Crippen molar-refractivity contribution in [3.63, 3.8) is 0 Å². The summed E-state index contributed by atoms with van der Waals surface area (Å²) in [6.07, 6.45) is 2.11. The van der Waals surface area contributed by atoms with Crippen molar-refractivity contribution in [3.8, 4) is 5.75 Å². The van der Waals surface area contributed by atoms with Gasteiger partial charge >= 0.3 is 0 Å². The molecule has 2 heterocycles. The van der Waals surface area contributed by atoms with Crippen LogP contribution in [0.3, 0.4) is 0 Å². The highest BCUT2D eigenvalue weighted by molar-refractivity contribution is 6.30. The first-order valence-corrected chi connectivity index (χ1v) is 9.08. The third kappa shape index (κ3) is 2.66. The molecule has 2 N–H and O–H groups in total. The molecule has 0 unspecified atom stereocenters. The first-order valence-electron chi connectivity index (χ1n) is 8.70. The topological polar surface area (TPSA) is 50.1 Å². The van der Waals surface area contributed by atoms with Crippen LogP contribution in [0.15, 0.2) is 78.9 Å². The number of halogens is 1. The Balaban J connectivity index is 1.74. The van der Waals surface area contributed by atoms with Crippen LogP contribution in [0.4, 0.5) is 5.95 Å². The summed E-state index contributed by atoms with van der Waals surface area (Å²) in [7, 11) is 0. The first-order chi connectivity index (χ1) is 13.2. The van der Waals surface area contributed by atoms with E-state index >= 15 is 0 Å². The second-order valence-corrected chi connectivity index (χ2v) is 6.95. The van der Waals surface area contributed by atoms with Gasteiger partial charge in [-0.15, -0.1) is 0 Å². The fourth-order valence-electron chi connectivity index (χ4n) is 3.57. The lowest BCUT2D eigenvalue weighted by Crippen LogP contribution is -2.19. The molecule has 0 saturated heterocycles. The van der Waals surface area contributed by atoms with Crippen molar-refractivity contribution in [3.05, 3.63) is 95.0 Å². The van der Waals surface area contributed by atoms with Gasteiger partial charge in [0.05, 0.1) is 22.8 Å². The number of benzene rings is 3. The number of fused-ring (bicyclic) bond motifs is 3. The van der Waals surface area contributed by atoms with Crippen molar-refractivity contribution in [2.75, 3.05) is 5.32 Å². The molecule has 27 heavy (non-hydrogen) atoms. The number of para-hydroxylation sites is 3. The molecule has 4 nitrogen and oxygen atoms in total. The SMILES string of the molecule is Oc1ccccc1C1=C[C@@H](c2ccc(Cl)cc2)n2c(nc3ccccc32)N1. The molecule has 0 amide bonds. The number of hydrogen-bond donors (Lipinski definition) is 2. The number of anilines is 1. The van der Waals surface area contributed by atoms with Crippen molar-refractivity contribution in [1.29, 1.82) is 0 Å². The molecule has 1 atom stereocenters. The van der Waals surface area contributed by atoms with Gasteiger partial charge < -0.3 is 10.4 Å². The average molecular weight is 374 g/mol. The molecular formula is C22H16ClN3O. The molecule has 3 aromatic carbocycles. The Morgan fingerprint density at radius 2 is 1.67 bits per heavy atom. The minimum Gasteiger partial charge on any atom is -0.507 e. The molecule has 0 bridgehead atoms. The maximum Gasteiger partial charge on any atom is 0.209 e. The van der Waals surface area contributed by atoms with Crippen LogP contribution < -0.4 is 5.32 Å². The van der Waals surface area contributed by atoms with Crippen LogP contribution in [0.1, 0.15) is 17.2 Å². The highest BCUT2D eigenvalue weighted by Crippen LogP contribution is 2.38. The van der Waals surface area contributed by atoms with E-state index in [0.29, 0.717) is 5.02 Å². The minimum absolute atomic E-state index is 0.0690. The number of aromatic hydroxyl groups is 1. The zero-order valence-corrected chi connectivity index (χ0v) is 15.1. The monoisotopic (exact) mass is 373 g/mol. The minimum atomic E-state index is -0.0690. The largest absolute Gasteiger partial charge is 0.507 e. The molecule has 0 radical (unpaired) electrons. The van der Waals surface area contributed by atoms with E-state index in [1.807, 2.05) is 60.7 Å². The number of nitrogens with zero attached hydrogens (tertiary/aromatic N) is 2. The number of aromatic nitrogens is 2. The number of phenolic OH excluding ortho intramolecular Hbond substituents is 1. The van der Waals surface area contributed by atoms with Gasteiger partial charge in [-0.25, -0.2) is 4.98 Å². The summed E-state index contributed by atoms with van der Waals surface area (Å²) < 4.78 is 2.17. The Morgan fingerprint density at radius 1 is 0.926 bits per heavy atom. The predicted octanol–water partition coefficient (Wildman–Crippen LogP) is 5.45. The Kier molecular flexibility index (Phi) is 3.66. The molecule has 5 rings (SSSR count). The van der Waals surface area contributed by atoms with Crippen molar-refractivity contribution >= 4 is 34.3 Å². The zero-order chi connectivity index (χ0) is 18.4. The van der Waals surface area contributed by atoms with E-state index in [9.17, 15) is 5.11 Å². The van der Waals surface area contributed by atoms with Gasteiger partial charge in [-0.05, 0) is 48.0 Å². The smallest absolute Gasteiger partial charge is 0.209 e. The average Bonchev–Trinajstić information content (AvgIpc) is 3.07. The summed E-state index contributed by atoms with van der Waals surface area (Å²) in [4.78, 5) is 4.76. The lowest BCUT2D eigenvalue weighted by molar-refractivity contribution is 0.473. The molecule has 5 heteroatoms. The van der Waals surface area contributed by atoms with Gasteiger partial charge in [0.15, 0.2) is 0 Å². The molecule has 0 fully saturated rings. The van der Waals surface area contributed by atoms with Crippen LogP contribution in [0.2, 0.25) is 5.02 Å². The molecule has 0 aliphatic carbocycles. The van der Waals surface area contributed by atoms with E-state index in [-0.39, 0.29) is 11.8 Å². The quantitative estimate of drug-likeness (QED) is 0.491. The van der Waals surface area contributed by atoms with Crippen molar-refractivity contribution in [2.24, 2.45) is 0 Å². The lowest BCUT2D eigenvalue weighted by Gasteiger charge is -2.27. The highest BCUT2D eigenvalue weighted by Gasteiger charge is 2.26. The third-order valence-electron chi connectivity index (χ3n) is 4.85. The second-order valence-electron chi connectivity index (χ2n) is 6.51. The second kappa shape index (κ2) is 6.18. The first kappa shape index (κ1) is 16.0. The Hall–Kier alpha value is -3.24. The van der Waals surface area contributed by atoms with Crippen LogP contribution in [-0.2, 0) is 0 Å². The molecule has 0 spiro atoms. The number of allylic oxidation sites excluding steroid dienone is 1. The fraction of sp³-hybridized carbons (Fsp3) is 0.0455. The molecule has 132 valence electrons. The maximum atomic E-state index is 10.3. The van der Waals surface area contributed by atoms with Crippen LogP contribution in [0.25, 0.3) is 16.7 Å². The van der Waals surface area contributed by atoms with Gasteiger partial charge in [0.25, 0.3) is 0 Å². The van der Waals surface area contributed by atoms with Crippen molar-refractivity contribution in [2.45, 2.75) is 6.04 Å². The van der Waals surface area contributed by atoms with E-state index in [2.05, 4.69) is 22.0 Å². The molecule has 1 aliphatic rings. The standard InChI is InChI=1S/C22H16ClN3O/c23-15-11-9-14(10-12-15)20-13-18(16-5-1-4-8-21(16)27)25-22-24-17-6-2-3-7-19(17)26(20)22/h1-13,20,27H,(H,24,25)/t20-/m0/s1. The van der Waals surface area contributed by atoms with Gasteiger partial charge in [0.1, 0.15) is 5.75 Å². The van der Waals surface area contributed by atoms with Gasteiger partial charge in [-0.3, -0.25) is 4.57 Å². The van der Waals surface area contributed by atoms with E-state index < -0.39 is 0 Å². The van der Waals surface area contributed by atoms with Gasteiger partial charge in [0.2, 0.25) is 5.95 Å². The highest BCUT2D eigenvalue weighted by atomic mass is 35.5. The zero-order valence-electron chi connectivity index (χ0n) is 14.3. The van der Waals surface area contributed by atoms with E-state index in [1.165, 1.54) is 0 Å². The van der Waals surface area contributed by atoms with Crippen molar-refractivity contribution < 1.29 is 5.11 Å². The van der Waals surface area contributed by atoms with E-state index in [4.69, 9.17) is 16.6 Å². The molecular weight excluding hydrogens is 358 g/mol. The fourth-order valence-corrected chi connectivity index (χ4v) is 3.70. The lowest BCUT2D eigenvalue weighted by atomic mass is 10.0. The molecule has 1 aliphatic heterocycles. The number of imidazole rings is 1. The van der Waals surface area contributed by atoms with Crippen LogP contribution >= 0.6 is 11.6 Å². The summed E-state index contributed by atoms with van der Waals surface area (Å²) in [5.74, 6) is 0.979. The van der Waals surface area contributed by atoms with Gasteiger partial charge in [0, 0.05) is 10.6 Å². The predicted molar refractivity (Wildman–Crippen MR) is 109 cm³/mol. The Bertz CT molecular complexity index is 1180. The number of hydrogen-bond acceptors (Lipinski definition) is 3. The maximum absolute atomic E-state index is 10.3. The summed E-state index contributed by atoms with van der Waals surface area (Å²) in [6.45, 7) is 0.